The molecule has 2 aliphatic heterocycles. The normalized spacial score (nSPS) is 43.0. The van der Waals surface area contributed by atoms with E-state index < -0.39 is 55.3 Å². The third-order valence-electron chi connectivity index (χ3n) is 5.38. The molecule has 168 valence electrons. The highest BCUT2D eigenvalue weighted by molar-refractivity contribution is 4.94. The molecular formula is C17H31N3O9. The Kier molecular flexibility index (Phi) is 9.50. The summed E-state index contributed by atoms with van der Waals surface area (Å²) in [6.45, 7) is 1.90. The summed E-state index contributed by atoms with van der Waals surface area (Å²) in [6.07, 6.45) is -7.79. The molecule has 2 aliphatic rings. The standard InChI is InChI=1S/C17H31N3O9/c1-8-9(6-19-20-18)27-17(14(24-3)11(8)21)29-13-10(7-23-2)28-16(26-5)15(25-4)12(13)22/h8-17,21-22H,6-7H2,1-5H3/t8-,9?,10?,11+,12+,13-,14?,15?,16+,17-/m1/s1. The van der Waals surface area contributed by atoms with Gasteiger partial charge in [-0.1, -0.05) is 12.0 Å². The molecule has 10 atom stereocenters. The van der Waals surface area contributed by atoms with Gasteiger partial charge in [0.1, 0.15) is 30.5 Å². The van der Waals surface area contributed by atoms with E-state index in [4.69, 9.17) is 38.7 Å². The highest BCUT2D eigenvalue weighted by Gasteiger charge is 2.51. The fourth-order valence-electron chi connectivity index (χ4n) is 3.70. The highest BCUT2D eigenvalue weighted by atomic mass is 16.7. The molecule has 2 N–H and O–H groups in total. The van der Waals surface area contributed by atoms with E-state index in [0.717, 1.165) is 0 Å². The second-order valence-corrected chi connectivity index (χ2v) is 7.03. The fourth-order valence-corrected chi connectivity index (χ4v) is 3.70. The van der Waals surface area contributed by atoms with E-state index in [9.17, 15) is 10.2 Å². The number of azide groups is 1. The van der Waals surface area contributed by atoms with Gasteiger partial charge in [-0.05, 0) is 5.53 Å². The van der Waals surface area contributed by atoms with Crippen molar-refractivity contribution < 1.29 is 43.4 Å². The third kappa shape index (κ3) is 5.36. The zero-order chi connectivity index (χ0) is 21.6. The van der Waals surface area contributed by atoms with Crippen molar-refractivity contribution in [1.82, 2.24) is 0 Å². The second-order valence-electron chi connectivity index (χ2n) is 7.03. The molecule has 0 aromatic heterocycles. The van der Waals surface area contributed by atoms with Crippen LogP contribution in [0.15, 0.2) is 5.11 Å². The van der Waals surface area contributed by atoms with Crippen LogP contribution in [0.5, 0.6) is 0 Å². The summed E-state index contributed by atoms with van der Waals surface area (Å²) >= 11 is 0. The molecule has 0 spiro atoms. The summed E-state index contributed by atoms with van der Waals surface area (Å²) in [5, 5.41) is 25.0. The molecule has 0 bridgehead atoms. The molecule has 0 amide bonds. The van der Waals surface area contributed by atoms with Crippen molar-refractivity contribution in [1.29, 1.82) is 0 Å². The summed E-state index contributed by atoms with van der Waals surface area (Å²) in [7, 11) is 5.78. The first-order chi connectivity index (χ1) is 13.9. The van der Waals surface area contributed by atoms with Crippen molar-refractivity contribution >= 4 is 0 Å². The average molecular weight is 421 g/mol. The third-order valence-corrected chi connectivity index (χ3v) is 5.38. The van der Waals surface area contributed by atoms with E-state index in [2.05, 4.69) is 10.0 Å². The number of hydrogen-bond acceptors (Lipinski definition) is 10. The zero-order valence-electron chi connectivity index (χ0n) is 17.3. The SMILES string of the molecule is COCC1O[C@H](OC)C(OC)[C@@H](O)[C@@H]1O[C@H]1OC(CN=[N+]=[N-])[C@@H](C)[C@H](O)C1OC. The van der Waals surface area contributed by atoms with E-state index in [-0.39, 0.29) is 19.1 Å². The van der Waals surface area contributed by atoms with Crippen molar-refractivity contribution in [2.45, 2.75) is 62.2 Å². The Morgan fingerprint density at radius 2 is 1.52 bits per heavy atom. The van der Waals surface area contributed by atoms with Crippen LogP contribution in [0.1, 0.15) is 6.92 Å². The van der Waals surface area contributed by atoms with Crippen LogP contribution in [0, 0.1) is 5.92 Å². The lowest BCUT2D eigenvalue weighted by molar-refractivity contribution is -0.355. The average Bonchev–Trinajstić information content (AvgIpc) is 2.72. The molecular weight excluding hydrogens is 390 g/mol. The van der Waals surface area contributed by atoms with Gasteiger partial charge in [0.15, 0.2) is 12.6 Å². The van der Waals surface area contributed by atoms with Crippen LogP contribution in [0.2, 0.25) is 0 Å². The van der Waals surface area contributed by atoms with E-state index in [1.54, 1.807) is 6.92 Å². The lowest BCUT2D eigenvalue weighted by Crippen LogP contribution is -2.64. The van der Waals surface area contributed by atoms with Crippen LogP contribution in [0.4, 0.5) is 0 Å². The molecule has 2 saturated heterocycles. The quantitative estimate of drug-likeness (QED) is 0.293. The van der Waals surface area contributed by atoms with Gasteiger partial charge in [-0.25, -0.2) is 0 Å². The highest BCUT2D eigenvalue weighted by Crippen LogP contribution is 2.33. The number of ether oxygens (including phenoxy) is 7. The largest absolute Gasteiger partial charge is 0.390 e. The Labute approximate surface area is 169 Å². The van der Waals surface area contributed by atoms with Gasteiger partial charge in [-0.3, -0.25) is 0 Å². The molecule has 12 nitrogen and oxygen atoms in total. The Balaban J connectivity index is 2.24. The predicted molar refractivity (Wildman–Crippen MR) is 97.9 cm³/mol. The lowest BCUT2D eigenvalue weighted by atomic mass is 9.90. The van der Waals surface area contributed by atoms with Crippen LogP contribution in [-0.4, -0.2) is 107 Å². The molecule has 0 aromatic rings. The van der Waals surface area contributed by atoms with Crippen molar-refractivity contribution in [2.75, 3.05) is 41.6 Å². The van der Waals surface area contributed by atoms with Gasteiger partial charge in [0.05, 0.1) is 25.4 Å². The summed E-state index contributed by atoms with van der Waals surface area (Å²) in [5.41, 5.74) is 8.60. The van der Waals surface area contributed by atoms with Gasteiger partial charge < -0.3 is 43.4 Å². The molecule has 2 rings (SSSR count). The molecule has 0 aliphatic carbocycles. The minimum atomic E-state index is -1.13. The molecule has 29 heavy (non-hydrogen) atoms. The molecule has 0 aromatic carbocycles. The fraction of sp³-hybridized carbons (Fsp3) is 1.00. The van der Waals surface area contributed by atoms with Gasteiger partial charge in [0.25, 0.3) is 0 Å². The van der Waals surface area contributed by atoms with Crippen LogP contribution in [0.3, 0.4) is 0 Å². The van der Waals surface area contributed by atoms with E-state index in [1.807, 2.05) is 0 Å². The van der Waals surface area contributed by atoms with E-state index in [1.165, 1.54) is 28.4 Å². The van der Waals surface area contributed by atoms with Gasteiger partial charge in [-0.2, -0.15) is 0 Å². The predicted octanol–water partition coefficient (Wildman–Crippen LogP) is -0.188. The van der Waals surface area contributed by atoms with Crippen LogP contribution >= 0.6 is 0 Å². The van der Waals surface area contributed by atoms with E-state index in [0.29, 0.717) is 0 Å². The van der Waals surface area contributed by atoms with Gasteiger partial charge in [-0.15, -0.1) is 0 Å². The second kappa shape index (κ2) is 11.4. The van der Waals surface area contributed by atoms with Crippen molar-refractivity contribution in [3.05, 3.63) is 10.4 Å². The Morgan fingerprint density at radius 1 is 0.897 bits per heavy atom. The molecule has 2 heterocycles. The van der Waals surface area contributed by atoms with Gasteiger partial charge in [0, 0.05) is 39.3 Å². The number of hydrogen-bond donors (Lipinski definition) is 2. The van der Waals surface area contributed by atoms with Crippen LogP contribution < -0.4 is 0 Å². The van der Waals surface area contributed by atoms with Crippen molar-refractivity contribution in [3.63, 3.8) is 0 Å². The maximum atomic E-state index is 10.9. The minimum absolute atomic E-state index is 0.0166. The number of nitrogens with zero attached hydrogens (tertiary/aromatic N) is 3. The molecule has 4 unspecified atom stereocenters. The molecule has 12 heteroatoms. The number of aliphatic hydroxyl groups excluding tert-OH is 2. The summed E-state index contributed by atoms with van der Waals surface area (Å²) in [5.74, 6) is -0.364. The van der Waals surface area contributed by atoms with Gasteiger partial charge >= 0.3 is 0 Å². The van der Waals surface area contributed by atoms with E-state index >= 15 is 0 Å². The monoisotopic (exact) mass is 421 g/mol. The lowest BCUT2D eigenvalue weighted by Gasteiger charge is -2.47. The summed E-state index contributed by atoms with van der Waals surface area (Å²) < 4.78 is 38.9. The van der Waals surface area contributed by atoms with Crippen molar-refractivity contribution in [3.8, 4) is 0 Å². The molecule has 0 saturated carbocycles. The van der Waals surface area contributed by atoms with Gasteiger partial charge in [0.2, 0.25) is 0 Å². The molecule has 2 fully saturated rings. The zero-order valence-corrected chi connectivity index (χ0v) is 17.3. The van der Waals surface area contributed by atoms with Crippen LogP contribution in [-0.2, 0) is 33.2 Å². The smallest absolute Gasteiger partial charge is 0.187 e. The first-order valence-corrected chi connectivity index (χ1v) is 9.34. The maximum absolute atomic E-state index is 10.9. The number of methoxy groups -OCH3 is 4. The maximum Gasteiger partial charge on any atom is 0.187 e. The van der Waals surface area contributed by atoms with Crippen molar-refractivity contribution in [2.24, 2.45) is 11.0 Å². The Hall–Kier alpha value is -1.05. The first-order valence-electron chi connectivity index (χ1n) is 9.34. The Morgan fingerprint density at radius 3 is 2.07 bits per heavy atom. The summed E-state index contributed by atoms with van der Waals surface area (Å²) in [4.78, 5) is 2.74. The minimum Gasteiger partial charge on any atom is -0.390 e. The van der Waals surface area contributed by atoms with Crippen LogP contribution in [0.25, 0.3) is 10.4 Å². The number of aliphatic hydroxyl groups is 2. The molecule has 0 radical (unpaired) electrons. The Bertz CT molecular complexity index is 548. The topological polar surface area (TPSA) is 154 Å². The first kappa shape index (κ1) is 24.2. The number of rotatable bonds is 9. The summed E-state index contributed by atoms with van der Waals surface area (Å²) in [6, 6.07) is 0.